The summed E-state index contributed by atoms with van der Waals surface area (Å²) in [6, 6.07) is 9.68. The third kappa shape index (κ3) is 4.94. The van der Waals surface area contributed by atoms with Gasteiger partial charge in [0, 0.05) is 30.6 Å². The summed E-state index contributed by atoms with van der Waals surface area (Å²) >= 11 is 3.56. The number of phenolic OH excluding ortho intramolecular Hbond substituents is 1. The van der Waals surface area contributed by atoms with Crippen LogP contribution in [-0.2, 0) is 4.79 Å². The molecule has 218 valence electrons. The molecule has 3 aromatic rings. The summed E-state index contributed by atoms with van der Waals surface area (Å²) in [7, 11) is 0. The molecule has 1 aromatic carbocycles. The number of fused-ring (bicyclic) bond motifs is 3. The second-order valence-electron chi connectivity index (χ2n) is 13.3. The molecule has 0 aliphatic heterocycles. The van der Waals surface area contributed by atoms with Gasteiger partial charge in [-0.25, -0.2) is 4.98 Å². The van der Waals surface area contributed by atoms with Crippen LogP contribution >= 0.6 is 15.9 Å². The fourth-order valence-electron chi connectivity index (χ4n) is 8.96. The number of carbonyl (C=O) groups excluding carboxylic acids is 1. The minimum absolute atomic E-state index is 0.205. The molecule has 4 aliphatic carbocycles. The van der Waals surface area contributed by atoms with Crippen molar-refractivity contribution in [2.75, 3.05) is 11.9 Å². The van der Waals surface area contributed by atoms with Crippen molar-refractivity contribution in [1.29, 1.82) is 0 Å². The number of amides is 1. The summed E-state index contributed by atoms with van der Waals surface area (Å²) in [5.74, 6) is 5.34. The molecule has 3 N–H and O–H groups in total. The van der Waals surface area contributed by atoms with E-state index < -0.39 is 0 Å². The van der Waals surface area contributed by atoms with E-state index in [2.05, 4.69) is 38.6 Å². The molecule has 41 heavy (non-hydrogen) atoms. The van der Waals surface area contributed by atoms with Gasteiger partial charge in [-0.05, 0) is 108 Å². The number of nitrogens with zero attached hydrogens (tertiary/aromatic N) is 3. The van der Waals surface area contributed by atoms with Crippen molar-refractivity contribution in [3.63, 3.8) is 0 Å². The zero-order valence-electron chi connectivity index (χ0n) is 24.0. The largest absolute Gasteiger partial charge is 0.507 e. The van der Waals surface area contributed by atoms with Gasteiger partial charge in [-0.1, -0.05) is 38.3 Å². The molecule has 0 radical (unpaired) electrons. The Morgan fingerprint density at radius 2 is 2.05 bits per heavy atom. The molecule has 4 saturated carbocycles. The van der Waals surface area contributed by atoms with Crippen molar-refractivity contribution in [2.45, 2.75) is 83.6 Å². The lowest BCUT2D eigenvalue weighted by molar-refractivity contribution is -0.122. The van der Waals surface area contributed by atoms with E-state index in [0.29, 0.717) is 40.7 Å². The van der Waals surface area contributed by atoms with Gasteiger partial charge in [0.15, 0.2) is 5.65 Å². The topological polar surface area (TPSA) is 91.5 Å². The molecule has 4 aliphatic rings. The lowest BCUT2D eigenvalue weighted by Gasteiger charge is -2.38. The Balaban J connectivity index is 0.928. The van der Waals surface area contributed by atoms with Crippen LogP contribution in [0.5, 0.6) is 5.75 Å². The summed E-state index contributed by atoms with van der Waals surface area (Å²) in [6.07, 6.45) is 14.9. The van der Waals surface area contributed by atoms with Crippen LogP contribution in [0.15, 0.2) is 41.0 Å². The number of hydrogen-bond donors (Lipinski definition) is 3. The molecule has 7 nitrogen and oxygen atoms in total. The molecule has 1 amide bonds. The Bertz CT molecular complexity index is 1440. The smallest absolute Gasteiger partial charge is 0.220 e. The predicted octanol–water partition coefficient (Wildman–Crippen LogP) is 7.19. The van der Waals surface area contributed by atoms with Gasteiger partial charge in [0.2, 0.25) is 5.91 Å². The molecule has 7 rings (SSSR count). The van der Waals surface area contributed by atoms with Crippen LogP contribution < -0.4 is 10.6 Å². The maximum atomic E-state index is 13.1. The van der Waals surface area contributed by atoms with Gasteiger partial charge in [0.1, 0.15) is 11.6 Å². The van der Waals surface area contributed by atoms with E-state index in [4.69, 9.17) is 4.98 Å². The number of nitrogens with one attached hydrogen (secondary N) is 2. The SMILES string of the molecule is CCC(CCCCC(=O)NC1C2CC[C@@H]3CC(C2)C12C[C@H]2C3)CNc1cc(-c2ccccc2O)nc2c(Br)cnn12. The van der Waals surface area contributed by atoms with Gasteiger partial charge in [-0.2, -0.15) is 9.61 Å². The molecule has 4 fully saturated rings. The van der Waals surface area contributed by atoms with Crippen LogP contribution in [0.4, 0.5) is 5.82 Å². The average Bonchev–Trinajstić information content (AvgIpc) is 3.55. The number of aromatic hydroxyl groups is 1. The molecule has 3 bridgehead atoms. The average molecular weight is 621 g/mol. The summed E-state index contributed by atoms with van der Waals surface area (Å²) in [5, 5.41) is 22.1. The molecule has 5 unspecified atom stereocenters. The zero-order valence-corrected chi connectivity index (χ0v) is 25.6. The Morgan fingerprint density at radius 1 is 1.20 bits per heavy atom. The van der Waals surface area contributed by atoms with Gasteiger partial charge in [0.25, 0.3) is 0 Å². The molecule has 8 heteroatoms. The van der Waals surface area contributed by atoms with Gasteiger partial charge >= 0.3 is 0 Å². The van der Waals surface area contributed by atoms with Crippen LogP contribution in [0.25, 0.3) is 16.9 Å². The van der Waals surface area contributed by atoms with E-state index in [0.717, 1.165) is 66.2 Å². The van der Waals surface area contributed by atoms with Gasteiger partial charge < -0.3 is 15.7 Å². The fourth-order valence-corrected chi connectivity index (χ4v) is 9.31. The number of benzene rings is 1. The molecular formula is C33H42BrN5O2. The minimum atomic E-state index is 0.205. The van der Waals surface area contributed by atoms with E-state index in [-0.39, 0.29) is 11.7 Å². The Labute approximate surface area is 251 Å². The van der Waals surface area contributed by atoms with Crippen LogP contribution in [0, 0.1) is 35.0 Å². The molecular weight excluding hydrogens is 578 g/mol. The van der Waals surface area contributed by atoms with Gasteiger partial charge in [-0.15, -0.1) is 0 Å². The second-order valence-corrected chi connectivity index (χ2v) is 14.2. The Kier molecular flexibility index (Phi) is 7.24. The summed E-state index contributed by atoms with van der Waals surface area (Å²) in [5.41, 5.74) is 2.58. The third-order valence-corrected chi connectivity index (χ3v) is 11.7. The highest BCUT2D eigenvalue weighted by molar-refractivity contribution is 9.10. The van der Waals surface area contributed by atoms with Gasteiger partial charge in [-0.3, -0.25) is 4.79 Å². The molecule has 2 aromatic heterocycles. The first-order chi connectivity index (χ1) is 20.0. The Morgan fingerprint density at radius 3 is 2.90 bits per heavy atom. The fraction of sp³-hybridized carbons (Fsp3) is 0.606. The monoisotopic (exact) mass is 619 g/mol. The number of hydrogen-bond acceptors (Lipinski definition) is 5. The number of carbonyl (C=O) groups is 1. The van der Waals surface area contributed by atoms with E-state index in [9.17, 15) is 9.90 Å². The Hall–Kier alpha value is -2.61. The summed E-state index contributed by atoms with van der Waals surface area (Å²) < 4.78 is 2.62. The second kappa shape index (κ2) is 10.9. The van der Waals surface area contributed by atoms with Crippen LogP contribution in [0.1, 0.15) is 77.6 Å². The number of aromatic nitrogens is 3. The standard InChI is InChI=1S/C33H42BrN5O2/c1-2-20(18-35-29-16-27(25-8-4-5-9-28(25)40)37-32-26(34)19-36-39(29)32)7-3-6-10-30(41)38-31-22-12-11-21-13-23(15-22)33(31)17-24(33)14-21/h4-5,8-9,16,19-24,31,35,40H,2-3,6-7,10-15,17-18H2,1H3,(H,38,41)/t20?,21-,22?,23?,24-,31?,33?/m1/s1. The number of phenols is 1. The lowest BCUT2D eigenvalue weighted by Crippen LogP contribution is -2.46. The number of para-hydroxylation sites is 1. The molecule has 7 atom stereocenters. The van der Waals surface area contributed by atoms with Crippen molar-refractivity contribution in [3.05, 3.63) is 41.0 Å². The predicted molar refractivity (Wildman–Crippen MR) is 165 cm³/mol. The van der Waals surface area contributed by atoms with E-state index >= 15 is 0 Å². The maximum absolute atomic E-state index is 13.1. The number of rotatable bonds is 11. The highest BCUT2D eigenvalue weighted by Gasteiger charge is 2.71. The first-order valence-corrected chi connectivity index (χ1v) is 16.6. The van der Waals surface area contributed by atoms with Crippen LogP contribution in [0.2, 0.25) is 0 Å². The quantitative estimate of drug-likeness (QED) is 0.197. The third-order valence-electron chi connectivity index (χ3n) is 11.1. The lowest BCUT2D eigenvalue weighted by atomic mass is 9.71. The van der Waals surface area contributed by atoms with E-state index in [1.54, 1.807) is 16.8 Å². The summed E-state index contributed by atoms with van der Waals surface area (Å²) in [4.78, 5) is 17.8. The number of anilines is 1. The highest BCUT2D eigenvalue weighted by Crippen LogP contribution is 2.74. The van der Waals surface area contributed by atoms with Crippen molar-refractivity contribution in [3.8, 4) is 17.0 Å². The summed E-state index contributed by atoms with van der Waals surface area (Å²) in [6.45, 7) is 3.05. The van der Waals surface area contributed by atoms with Crippen molar-refractivity contribution < 1.29 is 9.90 Å². The number of unbranched alkanes of at least 4 members (excludes halogenated alkanes) is 1. The minimum Gasteiger partial charge on any atom is -0.507 e. The van der Waals surface area contributed by atoms with E-state index in [1.165, 1.54) is 38.5 Å². The first-order valence-electron chi connectivity index (χ1n) is 15.8. The van der Waals surface area contributed by atoms with Crippen molar-refractivity contribution in [2.24, 2.45) is 35.0 Å². The van der Waals surface area contributed by atoms with Crippen LogP contribution in [0.3, 0.4) is 0 Å². The van der Waals surface area contributed by atoms with Gasteiger partial charge in [0.05, 0.1) is 16.4 Å². The van der Waals surface area contributed by atoms with Crippen molar-refractivity contribution >= 4 is 33.3 Å². The highest BCUT2D eigenvalue weighted by atomic mass is 79.9. The van der Waals surface area contributed by atoms with E-state index in [1.807, 2.05) is 24.3 Å². The molecule has 0 saturated heterocycles. The molecule has 2 heterocycles. The molecule has 1 spiro atoms. The first kappa shape index (κ1) is 27.2. The normalized spacial score (nSPS) is 30.1. The van der Waals surface area contributed by atoms with Crippen molar-refractivity contribution in [1.82, 2.24) is 19.9 Å². The maximum Gasteiger partial charge on any atom is 0.220 e. The number of halogens is 1. The van der Waals surface area contributed by atoms with Crippen LogP contribution in [-0.4, -0.2) is 38.2 Å². The zero-order chi connectivity index (χ0) is 28.1.